The molecular formula is C11H10N2O. The minimum atomic E-state index is -0.330. The number of benzene rings is 1. The van der Waals surface area contributed by atoms with E-state index in [0.29, 0.717) is 0 Å². The summed E-state index contributed by atoms with van der Waals surface area (Å²) in [6, 6.07) is 7.81. The standard InChI is InChI=1S/C11H10N2O/c12-11(14)5-9-7-13-6-8-3-1-2-4-10(8)9/h1-4,6-7H,5H2,(H2,12,14). The van der Waals surface area contributed by atoms with Crippen LogP contribution in [0.1, 0.15) is 5.56 Å². The molecule has 2 rings (SSSR count). The summed E-state index contributed by atoms with van der Waals surface area (Å²) in [6.45, 7) is 0. The SMILES string of the molecule is NC(=O)Cc1cncc2ccccc12. The van der Waals surface area contributed by atoms with Crippen molar-refractivity contribution in [3.8, 4) is 0 Å². The molecule has 2 N–H and O–H groups in total. The zero-order valence-corrected chi connectivity index (χ0v) is 7.60. The number of primary amides is 1. The second-order valence-corrected chi connectivity index (χ2v) is 3.16. The molecule has 0 saturated carbocycles. The van der Waals surface area contributed by atoms with Gasteiger partial charge in [0.25, 0.3) is 0 Å². The van der Waals surface area contributed by atoms with E-state index in [0.717, 1.165) is 16.3 Å². The maximum atomic E-state index is 10.8. The van der Waals surface area contributed by atoms with E-state index in [1.807, 2.05) is 24.3 Å². The van der Waals surface area contributed by atoms with Gasteiger partial charge in [-0.2, -0.15) is 0 Å². The quantitative estimate of drug-likeness (QED) is 0.767. The van der Waals surface area contributed by atoms with Crippen molar-refractivity contribution in [1.82, 2.24) is 4.98 Å². The molecule has 0 aliphatic carbocycles. The third-order valence-electron chi connectivity index (χ3n) is 2.12. The highest BCUT2D eigenvalue weighted by molar-refractivity contribution is 5.88. The van der Waals surface area contributed by atoms with Crippen molar-refractivity contribution in [2.75, 3.05) is 0 Å². The summed E-state index contributed by atoms with van der Waals surface area (Å²) >= 11 is 0. The fourth-order valence-corrected chi connectivity index (χ4v) is 1.51. The number of carbonyl (C=O) groups is 1. The fourth-order valence-electron chi connectivity index (χ4n) is 1.51. The van der Waals surface area contributed by atoms with Gasteiger partial charge in [-0.3, -0.25) is 9.78 Å². The highest BCUT2D eigenvalue weighted by atomic mass is 16.1. The Bertz CT molecular complexity index is 474. The van der Waals surface area contributed by atoms with Crippen LogP contribution in [0.4, 0.5) is 0 Å². The average molecular weight is 186 g/mol. The Morgan fingerprint density at radius 2 is 2.07 bits per heavy atom. The van der Waals surface area contributed by atoms with Crippen molar-refractivity contribution in [3.05, 3.63) is 42.2 Å². The number of rotatable bonds is 2. The molecule has 3 heteroatoms. The number of fused-ring (bicyclic) bond motifs is 1. The van der Waals surface area contributed by atoms with Crippen molar-refractivity contribution in [1.29, 1.82) is 0 Å². The number of nitrogens with two attached hydrogens (primary N) is 1. The van der Waals surface area contributed by atoms with Gasteiger partial charge in [0.1, 0.15) is 0 Å². The Hall–Kier alpha value is -1.90. The topological polar surface area (TPSA) is 56.0 Å². The van der Waals surface area contributed by atoms with Gasteiger partial charge >= 0.3 is 0 Å². The minimum Gasteiger partial charge on any atom is -0.369 e. The van der Waals surface area contributed by atoms with Crippen molar-refractivity contribution >= 4 is 16.7 Å². The minimum absolute atomic E-state index is 0.244. The van der Waals surface area contributed by atoms with Crippen LogP contribution in [0.25, 0.3) is 10.8 Å². The van der Waals surface area contributed by atoms with E-state index in [2.05, 4.69) is 4.98 Å². The lowest BCUT2D eigenvalue weighted by molar-refractivity contribution is -0.117. The monoisotopic (exact) mass is 186 g/mol. The van der Waals surface area contributed by atoms with Gasteiger partial charge in [0.15, 0.2) is 0 Å². The Labute approximate surface area is 81.6 Å². The van der Waals surface area contributed by atoms with Gasteiger partial charge in [-0.25, -0.2) is 0 Å². The number of pyridine rings is 1. The maximum Gasteiger partial charge on any atom is 0.221 e. The van der Waals surface area contributed by atoms with Gasteiger partial charge < -0.3 is 5.73 Å². The average Bonchev–Trinajstić information content (AvgIpc) is 2.18. The van der Waals surface area contributed by atoms with Gasteiger partial charge in [0.2, 0.25) is 5.91 Å². The van der Waals surface area contributed by atoms with Gasteiger partial charge in [-0.05, 0) is 10.9 Å². The first-order valence-corrected chi connectivity index (χ1v) is 4.37. The van der Waals surface area contributed by atoms with Crippen LogP contribution in [0.15, 0.2) is 36.7 Å². The molecule has 0 aliphatic heterocycles. The van der Waals surface area contributed by atoms with Crippen LogP contribution in [0, 0.1) is 0 Å². The van der Waals surface area contributed by atoms with Crippen LogP contribution in [0.5, 0.6) is 0 Å². The number of amides is 1. The Morgan fingerprint density at radius 3 is 2.86 bits per heavy atom. The zero-order chi connectivity index (χ0) is 9.97. The summed E-state index contributed by atoms with van der Waals surface area (Å²) in [5.41, 5.74) is 6.03. The van der Waals surface area contributed by atoms with Gasteiger partial charge in [0.05, 0.1) is 6.42 Å². The molecule has 1 aromatic carbocycles. The summed E-state index contributed by atoms with van der Waals surface area (Å²) < 4.78 is 0. The van der Waals surface area contributed by atoms with E-state index in [1.165, 1.54) is 0 Å². The third kappa shape index (κ3) is 1.57. The molecule has 0 atom stereocenters. The van der Waals surface area contributed by atoms with Crippen LogP contribution < -0.4 is 5.73 Å². The highest BCUT2D eigenvalue weighted by Crippen LogP contribution is 2.16. The zero-order valence-electron chi connectivity index (χ0n) is 7.60. The Balaban J connectivity index is 2.59. The number of aromatic nitrogens is 1. The van der Waals surface area contributed by atoms with Gasteiger partial charge in [-0.15, -0.1) is 0 Å². The van der Waals surface area contributed by atoms with Crippen LogP contribution in [0.3, 0.4) is 0 Å². The van der Waals surface area contributed by atoms with Crippen molar-refractivity contribution in [3.63, 3.8) is 0 Å². The molecule has 1 aromatic heterocycles. The number of hydrogen-bond donors (Lipinski definition) is 1. The van der Waals surface area contributed by atoms with E-state index in [-0.39, 0.29) is 12.3 Å². The lowest BCUT2D eigenvalue weighted by Gasteiger charge is -2.02. The lowest BCUT2D eigenvalue weighted by atomic mass is 10.1. The predicted octanol–water partition coefficient (Wildman–Crippen LogP) is 1.26. The van der Waals surface area contributed by atoms with E-state index in [9.17, 15) is 4.79 Å². The molecule has 0 aliphatic rings. The second-order valence-electron chi connectivity index (χ2n) is 3.16. The first-order chi connectivity index (χ1) is 6.77. The van der Waals surface area contributed by atoms with E-state index in [4.69, 9.17) is 5.73 Å². The van der Waals surface area contributed by atoms with E-state index < -0.39 is 0 Å². The predicted molar refractivity (Wildman–Crippen MR) is 54.6 cm³/mol. The summed E-state index contributed by atoms with van der Waals surface area (Å²) in [5.74, 6) is -0.330. The molecule has 0 radical (unpaired) electrons. The molecule has 0 saturated heterocycles. The summed E-state index contributed by atoms with van der Waals surface area (Å²) in [4.78, 5) is 14.9. The fraction of sp³-hybridized carbons (Fsp3) is 0.0909. The first-order valence-electron chi connectivity index (χ1n) is 4.37. The van der Waals surface area contributed by atoms with Crippen LogP contribution >= 0.6 is 0 Å². The molecule has 0 unspecified atom stereocenters. The molecule has 0 bridgehead atoms. The van der Waals surface area contributed by atoms with E-state index in [1.54, 1.807) is 12.4 Å². The van der Waals surface area contributed by atoms with E-state index >= 15 is 0 Å². The molecule has 1 amide bonds. The summed E-state index contributed by atoms with van der Waals surface area (Å²) in [5, 5.41) is 2.08. The first kappa shape index (κ1) is 8.69. The third-order valence-corrected chi connectivity index (χ3v) is 2.12. The molecule has 1 heterocycles. The van der Waals surface area contributed by atoms with Gasteiger partial charge in [0, 0.05) is 17.8 Å². The normalized spacial score (nSPS) is 10.3. The molecule has 0 fully saturated rings. The van der Waals surface area contributed by atoms with Crippen LogP contribution in [-0.4, -0.2) is 10.9 Å². The number of hydrogen-bond acceptors (Lipinski definition) is 2. The summed E-state index contributed by atoms with van der Waals surface area (Å²) in [7, 11) is 0. The summed E-state index contributed by atoms with van der Waals surface area (Å²) in [6.07, 6.45) is 3.71. The van der Waals surface area contributed by atoms with Crippen LogP contribution in [0.2, 0.25) is 0 Å². The number of carbonyl (C=O) groups excluding carboxylic acids is 1. The largest absolute Gasteiger partial charge is 0.369 e. The second kappa shape index (κ2) is 3.46. The van der Waals surface area contributed by atoms with Crippen molar-refractivity contribution < 1.29 is 4.79 Å². The van der Waals surface area contributed by atoms with Crippen molar-refractivity contribution in [2.45, 2.75) is 6.42 Å². The van der Waals surface area contributed by atoms with Gasteiger partial charge in [-0.1, -0.05) is 24.3 Å². The lowest BCUT2D eigenvalue weighted by Crippen LogP contribution is -2.13. The molecule has 14 heavy (non-hydrogen) atoms. The molecule has 0 spiro atoms. The number of nitrogens with zero attached hydrogens (tertiary/aromatic N) is 1. The Kier molecular flexibility index (Phi) is 2.14. The van der Waals surface area contributed by atoms with Crippen LogP contribution in [-0.2, 0) is 11.2 Å². The van der Waals surface area contributed by atoms with Crippen molar-refractivity contribution in [2.24, 2.45) is 5.73 Å². The molecule has 3 nitrogen and oxygen atoms in total. The maximum absolute atomic E-state index is 10.8. The smallest absolute Gasteiger partial charge is 0.221 e. The Morgan fingerprint density at radius 1 is 1.29 bits per heavy atom. The molecule has 70 valence electrons. The molecule has 2 aromatic rings. The molecular weight excluding hydrogens is 176 g/mol. The highest BCUT2D eigenvalue weighted by Gasteiger charge is 2.03.